The van der Waals surface area contributed by atoms with Gasteiger partial charge >= 0.3 is 0 Å². The summed E-state index contributed by atoms with van der Waals surface area (Å²) in [6.45, 7) is 2.62. The molecule has 0 aromatic heterocycles. The summed E-state index contributed by atoms with van der Waals surface area (Å²) in [5, 5.41) is 3.67. The van der Waals surface area contributed by atoms with Gasteiger partial charge in [0, 0.05) is 23.2 Å². The summed E-state index contributed by atoms with van der Waals surface area (Å²) in [6.07, 6.45) is 6.82. The van der Waals surface area contributed by atoms with E-state index in [-0.39, 0.29) is 11.8 Å². The van der Waals surface area contributed by atoms with Gasteiger partial charge in [-0.25, -0.2) is 4.39 Å². The Bertz CT molecular complexity index is 585. The Morgan fingerprint density at radius 3 is 2.83 bits per heavy atom. The average molecular weight is 320 g/mol. The van der Waals surface area contributed by atoms with Crippen LogP contribution in [0.4, 0.5) is 4.39 Å². The quantitative estimate of drug-likeness (QED) is 0.877. The second-order valence-corrected chi connectivity index (χ2v) is 6.70. The number of amides is 1. The monoisotopic (exact) mass is 320 g/mol. The van der Waals surface area contributed by atoms with Crippen LogP contribution in [0, 0.1) is 11.7 Å². The predicted octanol–water partition coefficient (Wildman–Crippen LogP) is 2.79. The molecule has 2 aliphatic rings. The van der Waals surface area contributed by atoms with Gasteiger partial charge in [-0.1, -0.05) is 19.8 Å². The lowest BCUT2D eigenvalue weighted by atomic mass is 9.92. The number of hydrogen-bond donors (Lipinski definition) is 2. The minimum absolute atomic E-state index is 0.0907. The van der Waals surface area contributed by atoms with E-state index in [0.29, 0.717) is 36.1 Å². The molecule has 1 amide bonds. The van der Waals surface area contributed by atoms with E-state index in [1.165, 1.54) is 37.8 Å². The smallest absolute Gasteiger partial charge is 0.249 e. The maximum atomic E-state index is 13.9. The van der Waals surface area contributed by atoms with Crippen molar-refractivity contribution < 1.29 is 13.9 Å². The van der Waals surface area contributed by atoms with Gasteiger partial charge in [0.05, 0.1) is 0 Å². The van der Waals surface area contributed by atoms with Crippen molar-refractivity contribution >= 4 is 5.91 Å². The fourth-order valence-electron chi connectivity index (χ4n) is 4.03. The van der Waals surface area contributed by atoms with Crippen molar-refractivity contribution in [2.75, 3.05) is 6.61 Å². The summed E-state index contributed by atoms with van der Waals surface area (Å²) >= 11 is 0. The zero-order valence-corrected chi connectivity index (χ0v) is 13.6. The van der Waals surface area contributed by atoms with Crippen molar-refractivity contribution in [3.63, 3.8) is 0 Å². The van der Waals surface area contributed by atoms with E-state index in [9.17, 15) is 9.18 Å². The van der Waals surface area contributed by atoms with Crippen molar-refractivity contribution in [2.45, 2.75) is 57.5 Å². The van der Waals surface area contributed by atoms with Gasteiger partial charge in [0.25, 0.3) is 0 Å². The molecule has 4 nitrogen and oxygen atoms in total. The van der Waals surface area contributed by atoms with Crippen LogP contribution in [0.5, 0.6) is 5.75 Å². The lowest BCUT2D eigenvalue weighted by Gasteiger charge is -2.33. The molecule has 126 valence electrons. The maximum Gasteiger partial charge on any atom is 0.249 e. The fourth-order valence-corrected chi connectivity index (χ4v) is 4.03. The van der Waals surface area contributed by atoms with Gasteiger partial charge in [0.15, 0.2) is 11.6 Å². The first-order valence-electron chi connectivity index (χ1n) is 8.60. The van der Waals surface area contributed by atoms with Crippen LogP contribution >= 0.6 is 0 Å². The normalized spacial score (nSPS) is 22.4. The van der Waals surface area contributed by atoms with E-state index < -0.39 is 11.7 Å². The van der Waals surface area contributed by atoms with Crippen LogP contribution in [-0.2, 0) is 6.42 Å². The Balaban J connectivity index is 1.76. The minimum Gasteiger partial charge on any atom is -0.489 e. The SMILES string of the molecule is CCC(NC1COc2c(F)ccc(C(N)=O)c2C1)C1CCCC1. The van der Waals surface area contributed by atoms with Crippen LogP contribution in [0.25, 0.3) is 0 Å². The molecular weight excluding hydrogens is 295 g/mol. The van der Waals surface area contributed by atoms with Crippen molar-refractivity contribution in [1.82, 2.24) is 5.32 Å². The maximum absolute atomic E-state index is 13.9. The zero-order valence-electron chi connectivity index (χ0n) is 13.6. The average Bonchev–Trinajstić information content (AvgIpc) is 3.06. The molecule has 1 aromatic carbocycles. The largest absolute Gasteiger partial charge is 0.489 e. The lowest BCUT2D eigenvalue weighted by Crippen LogP contribution is -2.47. The Morgan fingerprint density at radius 2 is 2.17 bits per heavy atom. The minimum atomic E-state index is -0.534. The molecule has 2 unspecified atom stereocenters. The third-order valence-electron chi connectivity index (χ3n) is 5.22. The van der Waals surface area contributed by atoms with Gasteiger partial charge in [-0.15, -0.1) is 0 Å². The van der Waals surface area contributed by atoms with Crippen LogP contribution in [-0.4, -0.2) is 24.6 Å². The molecule has 3 N–H and O–H groups in total. The molecule has 1 aromatic rings. The van der Waals surface area contributed by atoms with E-state index in [4.69, 9.17) is 10.5 Å². The van der Waals surface area contributed by atoms with Gasteiger partial charge in [-0.05, 0) is 43.7 Å². The molecule has 0 saturated heterocycles. The third-order valence-corrected chi connectivity index (χ3v) is 5.22. The fraction of sp³-hybridized carbons (Fsp3) is 0.611. The van der Waals surface area contributed by atoms with E-state index in [1.807, 2.05) is 0 Å². The molecule has 5 heteroatoms. The number of carbonyl (C=O) groups excluding carboxylic acids is 1. The first-order valence-corrected chi connectivity index (χ1v) is 8.60. The highest BCUT2D eigenvalue weighted by Crippen LogP contribution is 2.33. The number of halogens is 1. The Labute approximate surface area is 136 Å². The van der Waals surface area contributed by atoms with E-state index in [0.717, 1.165) is 6.42 Å². The molecule has 1 saturated carbocycles. The highest BCUT2D eigenvalue weighted by molar-refractivity contribution is 5.95. The summed E-state index contributed by atoms with van der Waals surface area (Å²) < 4.78 is 19.5. The van der Waals surface area contributed by atoms with Gasteiger partial charge < -0.3 is 15.8 Å². The standard InChI is InChI=1S/C18H25FN2O2/c1-2-16(11-5-3-4-6-11)21-12-9-14-13(18(20)22)7-8-15(19)17(14)23-10-12/h7-8,11-12,16,21H,2-6,9-10H2,1H3,(H2,20,22). The lowest BCUT2D eigenvalue weighted by molar-refractivity contribution is 0.0997. The number of benzene rings is 1. The summed E-state index contributed by atoms with van der Waals surface area (Å²) in [5.41, 5.74) is 6.39. The molecule has 3 rings (SSSR count). The number of carbonyl (C=O) groups is 1. The van der Waals surface area contributed by atoms with Crippen LogP contribution in [0.2, 0.25) is 0 Å². The van der Waals surface area contributed by atoms with Gasteiger partial charge in [-0.2, -0.15) is 0 Å². The Hall–Kier alpha value is -1.62. The number of rotatable bonds is 5. The van der Waals surface area contributed by atoms with E-state index in [1.54, 1.807) is 0 Å². The van der Waals surface area contributed by atoms with Gasteiger partial charge in [0.2, 0.25) is 5.91 Å². The van der Waals surface area contributed by atoms with Gasteiger partial charge in [-0.3, -0.25) is 4.79 Å². The number of ether oxygens (including phenoxy) is 1. The number of fused-ring (bicyclic) bond motifs is 1. The molecule has 2 atom stereocenters. The second-order valence-electron chi connectivity index (χ2n) is 6.70. The van der Waals surface area contributed by atoms with Crippen LogP contribution in [0.3, 0.4) is 0 Å². The highest BCUT2D eigenvalue weighted by atomic mass is 19.1. The number of hydrogen-bond acceptors (Lipinski definition) is 3. The molecule has 0 bridgehead atoms. The third kappa shape index (κ3) is 3.34. The van der Waals surface area contributed by atoms with Crippen LogP contribution in [0.1, 0.15) is 54.9 Å². The highest BCUT2D eigenvalue weighted by Gasteiger charge is 2.30. The van der Waals surface area contributed by atoms with E-state index >= 15 is 0 Å². The Kier molecular flexibility index (Phi) is 4.85. The number of nitrogens with one attached hydrogen (secondary N) is 1. The molecule has 1 aliphatic heterocycles. The first-order chi connectivity index (χ1) is 11.1. The van der Waals surface area contributed by atoms with E-state index in [2.05, 4.69) is 12.2 Å². The number of primary amides is 1. The summed E-state index contributed by atoms with van der Waals surface area (Å²) in [5.74, 6) is -0.0580. The first kappa shape index (κ1) is 16.2. The van der Waals surface area contributed by atoms with Crippen LogP contribution in [0.15, 0.2) is 12.1 Å². The molecule has 0 spiro atoms. The Morgan fingerprint density at radius 1 is 1.43 bits per heavy atom. The van der Waals surface area contributed by atoms with Crippen LogP contribution < -0.4 is 15.8 Å². The molecule has 1 aliphatic carbocycles. The summed E-state index contributed by atoms with van der Waals surface area (Å²) in [7, 11) is 0. The van der Waals surface area contributed by atoms with Crippen molar-refractivity contribution in [3.8, 4) is 5.75 Å². The molecule has 1 heterocycles. The zero-order chi connectivity index (χ0) is 16.4. The van der Waals surface area contributed by atoms with Crippen molar-refractivity contribution in [3.05, 3.63) is 29.1 Å². The van der Waals surface area contributed by atoms with Crippen molar-refractivity contribution in [1.29, 1.82) is 0 Å². The number of nitrogens with two attached hydrogens (primary N) is 1. The van der Waals surface area contributed by atoms with Crippen molar-refractivity contribution in [2.24, 2.45) is 11.7 Å². The van der Waals surface area contributed by atoms with Gasteiger partial charge in [0.1, 0.15) is 6.61 Å². The molecular formula is C18H25FN2O2. The molecule has 1 fully saturated rings. The summed E-state index contributed by atoms with van der Waals surface area (Å²) in [4.78, 5) is 11.6. The second kappa shape index (κ2) is 6.87. The summed E-state index contributed by atoms with van der Waals surface area (Å²) in [6, 6.07) is 3.25. The predicted molar refractivity (Wildman–Crippen MR) is 87.1 cm³/mol. The molecule has 0 radical (unpaired) electrons. The topological polar surface area (TPSA) is 64.3 Å². The molecule has 23 heavy (non-hydrogen) atoms.